The zero-order chi connectivity index (χ0) is 20.6. The van der Waals surface area contributed by atoms with E-state index in [1.54, 1.807) is 24.3 Å². The molecule has 3 rings (SSSR count). The van der Waals surface area contributed by atoms with Gasteiger partial charge in [0.15, 0.2) is 0 Å². The van der Waals surface area contributed by atoms with E-state index in [-0.39, 0.29) is 5.75 Å². The van der Waals surface area contributed by atoms with Crippen LogP contribution in [0.2, 0.25) is 0 Å². The normalized spacial score (nSPS) is 13.3. The van der Waals surface area contributed by atoms with Crippen LogP contribution in [0.5, 0.6) is 11.5 Å². The van der Waals surface area contributed by atoms with E-state index in [1.165, 1.54) is 11.6 Å². The Morgan fingerprint density at radius 1 is 1.00 bits per heavy atom. The molecule has 0 aliphatic heterocycles. The molecule has 0 saturated heterocycles. The lowest BCUT2D eigenvalue weighted by Crippen LogP contribution is -2.25. The number of aliphatic hydroxyl groups excluding tert-OH is 1. The predicted molar refractivity (Wildman–Crippen MR) is 110 cm³/mol. The van der Waals surface area contributed by atoms with Crippen molar-refractivity contribution in [1.29, 1.82) is 0 Å². The van der Waals surface area contributed by atoms with E-state index in [9.17, 15) is 15.0 Å². The Kier molecular flexibility index (Phi) is 6.84. The average molecular weight is 393 g/mol. The number of nitrogens with one attached hydrogen (secondary N) is 1. The molecule has 2 atom stereocenters. The van der Waals surface area contributed by atoms with Gasteiger partial charge in [0.1, 0.15) is 23.7 Å². The molecule has 0 unspecified atom stereocenters. The number of aliphatic hydroxyl groups is 1. The van der Waals surface area contributed by atoms with Crippen LogP contribution < -0.4 is 10.2 Å². The van der Waals surface area contributed by atoms with Crippen molar-refractivity contribution in [2.75, 3.05) is 0 Å². The maximum absolute atomic E-state index is 11.1. The van der Waals surface area contributed by atoms with Crippen LogP contribution in [0, 0.1) is 0 Å². The molecule has 1 amide bonds. The molecule has 0 saturated carbocycles. The molecule has 4 N–H and O–H groups in total. The lowest BCUT2D eigenvalue weighted by atomic mass is 9.94. The second-order valence-electron chi connectivity index (χ2n) is 6.59. The number of hydrogen-bond acceptors (Lipinski definition) is 5. The van der Waals surface area contributed by atoms with Crippen LogP contribution in [-0.4, -0.2) is 27.4 Å². The van der Waals surface area contributed by atoms with Crippen molar-refractivity contribution < 1.29 is 25.0 Å². The third kappa shape index (κ3) is 5.13. The Morgan fingerprint density at radius 3 is 2.41 bits per heavy atom. The van der Waals surface area contributed by atoms with E-state index in [0.29, 0.717) is 29.5 Å². The van der Waals surface area contributed by atoms with Crippen molar-refractivity contribution >= 4 is 16.7 Å². The van der Waals surface area contributed by atoms with Gasteiger partial charge in [0, 0.05) is 11.5 Å². The topological polar surface area (TPSA) is 99.0 Å². The molecule has 3 aromatic carbocycles. The van der Waals surface area contributed by atoms with E-state index in [4.69, 9.17) is 9.94 Å². The molecule has 6 heteroatoms. The summed E-state index contributed by atoms with van der Waals surface area (Å²) in [6, 6.07) is 19.8. The number of aromatic hydroxyl groups is 1. The highest BCUT2D eigenvalue weighted by atomic mass is 16.5. The number of hydrogen-bond donors (Lipinski definition) is 4. The van der Waals surface area contributed by atoms with Crippen LogP contribution in [0.3, 0.4) is 0 Å². The SMILES string of the molecule is O=C(/C=C/CC[C@H](Oc1ccccc1)[C@@H](O)c1ccc(O)c2ccccc12)NO. The quantitative estimate of drug-likeness (QED) is 0.265. The van der Waals surface area contributed by atoms with Gasteiger partial charge in [-0.1, -0.05) is 54.6 Å². The minimum atomic E-state index is -0.958. The van der Waals surface area contributed by atoms with Crippen LogP contribution >= 0.6 is 0 Å². The lowest BCUT2D eigenvalue weighted by molar-refractivity contribution is -0.124. The summed E-state index contributed by atoms with van der Waals surface area (Å²) >= 11 is 0. The Hall–Kier alpha value is -3.35. The van der Waals surface area contributed by atoms with Gasteiger partial charge < -0.3 is 14.9 Å². The van der Waals surface area contributed by atoms with Crippen molar-refractivity contribution in [2.24, 2.45) is 0 Å². The monoisotopic (exact) mass is 393 g/mol. The van der Waals surface area contributed by atoms with Gasteiger partial charge in [-0.05, 0) is 42.0 Å². The Balaban J connectivity index is 1.87. The fraction of sp³-hybridized carbons (Fsp3) is 0.174. The summed E-state index contributed by atoms with van der Waals surface area (Å²) in [5.41, 5.74) is 2.19. The van der Waals surface area contributed by atoms with E-state index in [2.05, 4.69) is 0 Å². The number of allylic oxidation sites excluding steroid dienone is 1. The second kappa shape index (κ2) is 9.73. The van der Waals surface area contributed by atoms with Crippen LogP contribution in [-0.2, 0) is 4.79 Å². The third-order valence-corrected chi connectivity index (χ3v) is 4.63. The highest BCUT2D eigenvalue weighted by molar-refractivity contribution is 5.91. The van der Waals surface area contributed by atoms with Crippen molar-refractivity contribution in [2.45, 2.75) is 25.0 Å². The number of ether oxygens (including phenoxy) is 1. The molecule has 29 heavy (non-hydrogen) atoms. The summed E-state index contributed by atoms with van der Waals surface area (Å²) < 4.78 is 6.05. The zero-order valence-corrected chi connectivity index (χ0v) is 15.7. The number of phenols is 1. The third-order valence-electron chi connectivity index (χ3n) is 4.63. The number of carbonyl (C=O) groups is 1. The first kappa shape index (κ1) is 20.4. The van der Waals surface area contributed by atoms with E-state index in [0.717, 1.165) is 5.39 Å². The minimum absolute atomic E-state index is 0.148. The van der Waals surface area contributed by atoms with Crippen LogP contribution in [0.15, 0.2) is 78.9 Å². The highest BCUT2D eigenvalue weighted by Crippen LogP contribution is 2.34. The summed E-state index contributed by atoms with van der Waals surface area (Å²) in [5.74, 6) is 0.155. The van der Waals surface area contributed by atoms with Gasteiger partial charge in [-0.2, -0.15) is 0 Å². The Labute approximate surface area is 168 Å². The van der Waals surface area contributed by atoms with Crippen molar-refractivity contribution in [3.05, 3.63) is 84.4 Å². The molecule has 0 bridgehead atoms. The van der Waals surface area contributed by atoms with Crippen LogP contribution in [0.4, 0.5) is 0 Å². The van der Waals surface area contributed by atoms with Crippen molar-refractivity contribution in [3.63, 3.8) is 0 Å². The molecule has 0 radical (unpaired) electrons. The van der Waals surface area contributed by atoms with Gasteiger partial charge in [-0.15, -0.1) is 0 Å². The van der Waals surface area contributed by atoms with Gasteiger partial charge in [0.25, 0.3) is 5.91 Å². The molecule has 150 valence electrons. The number of amides is 1. The number of carbonyl (C=O) groups excluding carboxylic acids is 1. The van der Waals surface area contributed by atoms with Crippen LogP contribution in [0.25, 0.3) is 10.8 Å². The maximum atomic E-state index is 11.1. The van der Waals surface area contributed by atoms with Gasteiger partial charge in [-0.25, -0.2) is 5.48 Å². The first-order valence-corrected chi connectivity index (χ1v) is 9.31. The van der Waals surface area contributed by atoms with E-state index >= 15 is 0 Å². The first-order chi connectivity index (χ1) is 14.1. The maximum Gasteiger partial charge on any atom is 0.267 e. The Bertz CT molecular complexity index is 987. The first-order valence-electron chi connectivity index (χ1n) is 9.31. The highest BCUT2D eigenvalue weighted by Gasteiger charge is 2.24. The fourth-order valence-electron chi connectivity index (χ4n) is 3.21. The zero-order valence-electron chi connectivity index (χ0n) is 15.7. The van der Waals surface area contributed by atoms with Crippen LogP contribution in [0.1, 0.15) is 24.5 Å². The van der Waals surface area contributed by atoms with Gasteiger partial charge >= 0.3 is 0 Å². The summed E-state index contributed by atoms with van der Waals surface area (Å²) in [7, 11) is 0. The average Bonchev–Trinajstić information content (AvgIpc) is 2.76. The fourth-order valence-corrected chi connectivity index (χ4v) is 3.21. The molecule has 0 fully saturated rings. The summed E-state index contributed by atoms with van der Waals surface area (Å²) in [6.07, 6.45) is 2.17. The van der Waals surface area contributed by atoms with Gasteiger partial charge in [-0.3, -0.25) is 10.0 Å². The Morgan fingerprint density at radius 2 is 1.69 bits per heavy atom. The summed E-state index contributed by atoms with van der Waals surface area (Å²) in [6.45, 7) is 0. The molecule has 0 spiro atoms. The number of hydroxylamine groups is 1. The molecule has 0 heterocycles. The number of phenolic OH excluding ortho intramolecular Hbond substituents is 1. The number of benzene rings is 3. The molecule has 3 aromatic rings. The predicted octanol–water partition coefficient (Wildman–Crippen LogP) is 3.87. The number of fused-ring (bicyclic) bond motifs is 1. The van der Waals surface area contributed by atoms with Gasteiger partial charge in [0.05, 0.1) is 0 Å². The molecule has 6 nitrogen and oxygen atoms in total. The van der Waals surface area contributed by atoms with Crippen molar-refractivity contribution in [3.8, 4) is 11.5 Å². The number of rotatable bonds is 8. The minimum Gasteiger partial charge on any atom is -0.507 e. The number of para-hydroxylation sites is 1. The van der Waals surface area contributed by atoms with E-state index < -0.39 is 18.1 Å². The standard InChI is InChI=1S/C23H23NO5/c25-20-15-14-19(17-10-4-5-11-18(17)20)23(27)21(12-6-7-13-22(26)24-28)29-16-8-2-1-3-9-16/h1-5,7-11,13-15,21,23,25,27-28H,6,12H2,(H,24,26)/b13-7+/t21-,23-/m0/s1. The molecular weight excluding hydrogens is 370 g/mol. The second-order valence-corrected chi connectivity index (χ2v) is 6.59. The molecule has 0 aromatic heterocycles. The summed E-state index contributed by atoms with van der Waals surface area (Å²) in [5, 5.41) is 31.2. The van der Waals surface area contributed by atoms with Crippen molar-refractivity contribution in [1.82, 2.24) is 5.48 Å². The van der Waals surface area contributed by atoms with Gasteiger partial charge in [0.2, 0.25) is 0 Å². The molecule has 0 aliphatic carbocycles. The summed E-state index contributed by atoms with van der Waals surface area (Å²) in [4.78, 5) is 11.1. The largest absolute Gasteiger partial charge is 0.507 e. The molecular formula is C23H23NO5. The lowest BCUT2D eigenvalue weighted by Gasteiger charge is -2.25. The molecule has 0 aliphatic rings. The smallest absolute Gasteiger partial charge is 0.267 e. The van der Waals surface area contributed by atoms with E-state index in [1.807, 2.05) is 48.5 Å².